The summed E-state index contributed by atoms with van der Waals surface area (Å²) in [6.07, 6.45) is 0.734. The van der Waals surface area contributed by atoms with Gasteiger partial charge in [-0.25, -0.2) is 8.42 Å². The molecular formula is C13H20ClN3O3S. The van der Waals surface area contributed by atoms with Crippen molar-refractivity contribution in [1.29, 1.82) is 0 Å². The molecule has 4 N–H and O–H groups in total. The summed E-state index contributed by atoms with van der Waals surface area (Å²) in [6, 6.07) is 5.80. The normalized spacial score (nSPS) is 22.8. The van der Waals surface area contributed by atoms with Crippen LogP contribution in [0.5, 0.6) is 0 Å². The molecule has 1 aromatic rings. The molecule has 0 saturated carbocycles. The van der Waals surface area contributed by atoms with E-state index in [2.05, 4.69) is 0 Å². The van der Waals surface area contributed by atoms with Gasteiger partial charge in [-0.2, -0.15) is 4.31 Å². The Labute approximate surface area is 130 Å². The highest BCUT2D eigenvalue weighted by Crippen LogP contribution is 2.32. The molecule has 1 atom stereocenters. The third-order valence-electron chi connectivity index (χ3n) is 3.77. The van der Waals surface area contributed by atoms with E-state index in [4.69, 9.17) is 11.5 Å². The summed E-state index contributed by atoms with van der Waals surface area (Å²) >= 11 is 0. The monoisotopic (exact) mass is 333 g/mol. The van der Waals surface area contributed by atoms with Gasteiger partial charge < -0.3 is 11.5 Å². The average Bonchev–Trinajstić information content (AvgIpc) is 2.83. The predicted octanol–water partition coefficient (Wildman–Crippen LogP) is 0.567. The summed E-state index contributed by atoms with van der Waals surface area (Å²) in [5, 5.41) is 0. The fraction of sp³-hybridized carbons (Fsp3) is 0.462. The van der Waals surface area contributed by atoms with Crippen LogP contribution in [0.15, 0.2) is 29.2 Å². The van der Waals surface area contributed by atoms with Gasteiger partial charge in [-0.15, -0.1) is 12.4 Å². The summed E-state index contributed by atoms with van der Waals surface area (Å²) in [4.78, 5) is 11.2. The van der Waals surface area contributed by atoms with Gasteiger partial charge in [0.2, 0.25) is 15.9 Å². The molecule has 21 heavy (non-hydrogen) atoms. The molecule has 1 fully saturated rings. The van der Waals surface area contributed by atoms with Gasteiger partial charge in [0.25, 0.3) is 0 Å². The lowest BCUT2D eigenvalue weighted by Crippen LogP contribution is -2.34. The second-order valence-electron chi connectivity index (χ2n) is 5.50. The van der Waals surface area contributed by atoms with Crippen LogP contribution >= 0.6 is 12.4 Å². The minimum Gasteiger partial charge on any atom is -0.366 e. The molecule has 0 bridgehead atoms. The highest BCUT2D eigenvalue weighted by Gasteiger charge is 2.39. The first-order chi connectivity index (χ1) is 9.28. The lowest BCUT2D eigenvalue weighted by molar-refractivity contribution is 0.1000. The third-order valence-corrected chi connectivity index (χ3v) is 5.61. The molecule has 1 aromatic carbocycles. The van der Waals surface area contributed by atoms with E-state index in [1.54, 1.807) is 0 Å². The van der Waals surface area contributed by atoms with Crippen molar-refractivity contribution >= 4 is 28.3 Å². The van der Waals surface area contributed by atoms with E-state index in [-0.39, 0.29) is 28.3 Å². The maximum atomic E-state index is 12.5. The molecule has 1 amide bonds. The van der Waals surface area contributed by atoms with E-state index in [0.29, 0.717) is 19.6 Å². The number of halogens is 1. The second-order valence-corrected chi connectivity index (χ2v) is 7.43. The number of nitrogens with two attached hydrogens (primary N) is 2. The van der Waals surface area contributed by atoms with E-state index in [1.807, 2.05) is 6.92 Å². The topological polar surface area (TPSA) is 106 Å². The van der Waals surface area contributed by atoms with Gasteiger partial charge >= 0.3 is 0 Å². The van der Waals surface area contributed by atoms with E-state index >= 15 is 0 Å². The van der Waals surface area contributed by atoms with Crippen molar-refractivity contribution in [3.63, 3.8) is 0 Å². The van der Waals surface area contributed by atoms with Gasteiger partial charge in [-0.1, -0.05) is 13.0 Å². The number of rotatable bonds is 4. The first-order valence-corrected chi connectivity index (χ1v) is 7.83. The third kappa shape index (κ3) is 3.55. The Morgan fingerprint density at radius 1 is 1.43 bits per heavy atom. The minimum absolute atomic E-state index is 0. The van der Waals surface area contributed by atoms with Crippen molar-refractivity contribution in [2.75, 3.05) is 19.6 Å². The fourth-order valence-corrected chi connectivity index (χ4v) is 3.95. The molecule has 1 aliphatic rings. The average molecular weight is 334 g/mol. The van der Waals surface area contributed by atoms with Crippen molar-refractivity contribution in [2.24, 2.45) is 16.9 Å². The number of hydrogen-bond donors (Lipinski definition) is 2. The highest BCUT2D eigenvalue weighted by molar-refractivity contribution is 7.89. The fourth-order valence-electron chi connectivity index (χ4n) is 2.31. The molecule has 2 rings (SSSR count). The smallest absolute Gasteiger partial charge is 0.248 e. The zero-order valence-corrected chi connectivity index (χ0v) is 13.4. The molecule has 0 spiro atoms. The summed E-state index contributed by atoms with van der Waals surface area (Å²) in [5.41, 5.74) is 10.9. The van der Waals surface area contributed by atoms with Crippen molar-refractivity contribution in [2.45, 2.75) is 18.2 Å². The Hall–Kier alpha value is -1.15. The van der Waals surface area contributed by atoms with Crippen molar-refractivity contribution in [3.8, 4) is 0 Å². The van der Waals surface area contributed by atoms with Crippen LogP contribution in [0.4, 0.5) is 0 Å². The predicted molar refractivity (Wildman–Crippen MR) is 82.7 cm³/mol. The molecule has 1 heterocycles. The van der Waals surface area contributed by atoms with E-state index in [0.717, 1.165) is 6.42 Å². The number of sulfonamides is 1. The van der Waals surface area contributed by atoms with E-state index < -0.39 is 15.9 Å². The SMILES string of the molecule is CC1(CN)CCN(S(=O)(=O)c2cccc(C(N)=O)c2)C1.Cl. The largest absolute Gasteiger partial charge is 0.366 e. The zero-order chi connectivity index (χ0) is 15.0. The number of hydrogen-bond acceptors (Lipinski definition) is 4. The van der Waals surface area contributed by atoms with Crippen molar-refractivity contribution in [1.82, 2.24) is 4.31 Å². The molecule has 8 heteroatoms. The molecule has 118 valence electrons. The molecule has 1 saturated heterocycles. The maximum absolute atomic E-state index is 12.5. The number of carbonyl (C=O) groups excluding carboxylic acids is 1. The van der Waals surface area contributed by atoms with Gasteiger partial charge in [0.1, 0.15) is 0 Å². The quantitative estimate of drug-likeness (QED) is 0.839. The van der Waals surface area contributed by atoms with Crippen molar-refractivity contribution < 1.29 is 13.2 Å². The van der Waals surface area contributed by atoms with Crippen LogP contribution in [-0.4, -0.2) is 38.3 Å². The Morgan fingerprint density at radius 2 is 2.10 bits per heavy atom. The van der Waals surface area contributed by atoms with Crippen LogP contribution in [-0.2, 0) is 10.0 Å². The second kappa shape index (κ2) is 6.31. The van der Waals surface area contributed by atoms with Crippen LogP contribution < -0.4 is 11.5 Å². The number of primary amides is 1. The standard InChI is InChI=1S/C13H19N3O3S.ClH/c1-13(8-14)5-6-16(9-13)20(18,19)11-4-2-3-10(7-11)12(15)17;/h2-4,7H,5-6,8-9,14H2,1H3,(H2,15,17);1H. The van der Waals surface area contributed by atoms with E-state index in [9.17, 15) is 13.2 Å². The number of nitrogens with zero attached hydrogens (tertiary/aromatic N) is 1. The first kappa shape index (κ1) is 17.9. The Morgan fingerprint density at radius 3 is 2.62 bits per heavy atom. The van der Waals surface area contributed by atoms with E-state index in [1.165, 1.54) is 28.6 Å². The van der Waals surface area contributed by atoms with Gasteiger partial charge in [0.15, 0.2) is 0 Å². The molecule has 1 aliphatic heterocycles. The van der Waals surface area contributed by atoms with Gasteiger partial charge in [0.05, 0.1) is 4.90 Å². The first-order valence-electron chi connectivity index (χ1n) is 6.39. The Bertz CT molecular complexity index is 635. The molecule has 0 aliphatic carbocycles. The van der Waals surface area contributed by atoms with Crippen molar-refractivity contribution in [3.05, 3.63) is 29.8 Å². The molecular weight excluding hydrogens is 314 g/mol. The highest BCUT2D eigenvalue weighted by atomic mass is 35.5. The molecule has 0 aromatic heterocycles. The summed E-state index contributed by atoms with van der Waals surface area (Å²) in [7, 11) is -3.61. The number of amides is 1. The molecule has 0 radical (unpaired) electrons. The zero-order valence-electron chi connectivity index (χ0n) is 11.8. The summed E-state index contributed by atoms with van der Waals surface area (Å²) < 4.78 is 26.5. The maximum Gasteiger partial charge on any atom is 0.248 e. The minimum atomic E-state index is -3.61. The summed E-state index contributed by atoms with van der Waals surface area (Å²) in [5.74, 6) is -0.643. The van der Waals surface area contributed by atoms with Crippen LogP contribution in [0.2, 0.25) is 0 Å². The lowest BCUT2D eigenvalue weighted by Gasteiger charge is -2.22. The Balaban J connectivity index is 0.00000220. The Kier molecular flexibility index (Phi) is 5.38. The lowest BCUT2D eigenvalue weighted by atomic mass is 9.90. The van der Waals surface area contributed by atoms with Crippen LogP contribution in [0, 0.1) is 5.41 Å². The molecule has 1 unspecified atom stereocenters. The number of benzene rings is 1. The van der Waals surface area contributed by atoms with Crippen LogP contribution in [0.25, 0.3) is 0 Å². The number of carbonyl (C=O) groups is 1. The van der Waals surface area contributed by atoms with Gasteiger partial charge in [-0.3, -0.25) is 4.79 Å². The molecule has 6 nitrogen and oxygen atoms in total. The van der Waals surface area contributed by atoms with Gasteiger partial charge in [-0.05, 0) is 36.6 Å². The van der Waals surface area contributed by atoms with Crippen LogP contribution in [0.3, 0.4) is 0 Å². The summed E-state index contributed by atoms with van der Waals surface area (Å²) in [6.45, 7) is 3.26. The van der Waals surface area contributed by atoms with Crippen LogP contribution in [0.1, 0.15) is 23.7 Å². The van der Waals surface area contributed by atoms with Gasteiger partial charge in [0, 0.05) is 18.7 Å².